The van der Waals surface area contributed by atoms with Gasteiger partial charge in [0.1, 0.15) is 0 Å². The highest BCUT2D eigenvalue weighted by Gasteiger charge is 2.40. The summed E-state index contributed by atoms with van der Waals surface area (Å²) in [7, 11) is 0. The van der Waals surface area contributed by atoms with Gasteiger partial charge in [-0.1, -0.05) is 32.0 Å². The third kappa shape index (κ3) is 2.81. The predicted octanol–water partition coefficient (Wildman–Crippen LogP) is 4.21. The van der Waals surface area contributed by atoms with Crippen LogP contribution in [-0.2, 0) is 0 Å². The van der Waals surface area contributed by atoms with Crippen molar-refractivity contribution in [3.05, 3.63) is 0 Å². The highest BCUT2D eigenvalue weighted by Crippen LogP contribution is 2.44. The number of amidine groups is 1. The van der Waals surface area contributed by atoms with Gasteiger partial charge in [0.05, 0.1) is 0 Å². The Kier molecular flexibility index (Phi) is 3.85. The Morgan fingerprint density at radius 3 is 2.58 bits per heavy atom. The predicted molar refractivity (Wildman–Crippen MR) is 84.8 cm³/mol. The summed E-state index contributed by atoms with van der Waals surface area (Å²) >= 11 is 1.97. The van der Waals surface area contributed by atoms with E-state index in [4.69, 9.17) is 4.99 Å². The molecule has 1 N–H and O–H groups in total. The lowest BCUT2D eigenvalue weighted by atomic mass is 9.67. The van der Waals surface area contributed by atoms with Gasteiger partial charge in [-0.2, -0.15) is 0 Å². The van der Waals surface area contributed by atoms with Gasteiger partial charge in [0.2, 0.25) is 0 Å². The van der Waals surface area contributed by atoms with E-state index in [1.807, 2.05) is 11.8 Å². The molecule has 19 heavy (non-hydrogen) atoms. The summed E-state index contributed by atoms with van der Waals surface area (Å²) in [6, 6.07) is 0. The van der Waals surface area contributed by atoms with Crippen LogP contribution in [0.3, 0.4) is 0 Å². The summed E-state index contributed by atoms with van der Waals surface area (Å²) in [6.07, 6.45) is 11.0. The van der Waals surface area contributed by atoms with Crippen molar-refractivity contribution in [3.8, 4) is 0 Å². The van der Waals surface area contributed by atoms with Gasteiger partial charge in [-0.25, -0.2) is 0 Å². The molecule has 0 aromatic carbocycles. The van der Waals surface area contributed by atoms with Crippen molar-refractivity contribution in [1.82, 2.24) is 5.32 Å². The lowest BCUT2D eigenvalue weighted by Crippen LogP contribution is -2.46. The molecule has 2 nitrogen and oxygen atoms in total. The lowest BCUT2D eigenvalue weighted by molar-refractivity contribution is 0.139. The lowest BCUT2D eigenvalue weighted by Gasteiger charge is -2.40. The van der Waals surface area contributed by atoms with Crippen LogP contribution in [0.25, 0.3) is 0 Å². The monoisotopic (exact) mass is 280 g/mol. The van der Waals surface area contributed by atoms with Crippen LogP contribution in [0.5, 0.6) is 0 Å². The number of nitrogens with zero attached hydrogens (tertiary/aromatic N) is 1. The third-order valence-electron chi connectivity index (χ3n) is 5.81. The molecule has 1 heterocycles. The van der Waals surface area contributed by atoms with Crippen LogP contribution >= 0.6 is 11.8 Å². The van der Waals surface area contributed by atoms with Crippen molar-refractivity contribution in [2.75, 3.05) is 12.3 Å². The van der Waals surface area contributed by atoms with E-state index in [-0.39, 0.29) is 0 Å². The van der Waals surface area contributed by atoms with E-state index in [1.54, 1.807) is 0 Å². The van der Waals surface area contributed by atoms with Gasteiger partial charge >= 0.3 is 0 Å². The molecule has 108 valence electrons. The van der Waals surface area contributed by atoms with Crippen LogP contribution in [0.2, 0.25) is 0 Å². The summed E-state index contributed by atoms with van der Waals surface area (Å²) < 4.78 is 0. The molecule has 3 aliphatic rings. The van der Waals surface area contributed by atoms with E-state index >= 15 is 0 Å². The fourth-order valence-corrected chi connectivity index (χ4v) is 4.93. The molecule has 0 atom stereocenters. The minimum Gasteiger partial charge on any atom is -0.359 e. The van der Waals surface area contributed by atoms with Crippen LogP contribution in [0.15, 0.2) is 4.99 Å². The van der Waals surface area contributed by atoms with Crippen molar-refractivity contribution in [2.24, 2.45) is 16.3 Å². The first kappa shape index (κ1) is 13.8. The Morgan fingerprint density at radius 2 is 2.00 bits per heavy atom. The van der Waals surface area contributed by atoms with Crippen LogP contribution in [0.1, 0.15) is 65.2 Å². The average Bonchev–Trinajstić information content (AvgIpc) is 2.77. The van der Waals surface area contributed by atoms with Crippen molar-refractivity contribution in [1.29, 1.82) is 0 Å². The van der Waals surface area contributed by atoms with Crippen molar-refractivity contribution in [2.45, 2.75) is 70.8 Å². The van der Waals surface area contributed by atoms with E-state index in [0.29, 0.717) is 11.0 Å². The quantitative estimate of drug-likeness (QED) is 0.837. The van der Waals surface area contributed by atoms with Gasteiger partial charge in [0, 0.05) is 17.8 Å². The Bertz CT molecular complexity index is 346. The number of hydrogen-bond donors (Lipinski definition) is 1. The minimum atomic E-state index is 0.398. The summed E-state index contributed by atoms with van der Waals surface area (Å²) in [4.78, 5) is 4.93. The van der Waals surface area contributed by atoms with Gasteiger partial charge in [0.25, 0.3) is 0 Å². The van der Waals surface area contributed by atoms with Crippen LogP contribution in [0, 0.1) is 11.3 Å². The largest absolute Gasteiger partial charge is 0.359 e. The molecule has 0 amide bonds. The first-order valence-electron chi connectivity index (χ1n) is 8.11. The fraction of sp³-hybridized carbons (Fsp3) is 0.938. The van der Waals surface area contributed by atoms with Crippen molar-refractivity contribution < 1.29 is 0 Å². The Balaban J connectivity index is 1.56. The number of aliphatic imine (C=N–C) groups is 1. The van der Waals surface area contributed by atoms with Gasteiger partial charge in [-0.05, 0) is 56.3 Å². The number of rotatable bonds is 3. The number of thioether (sulfide) groups is 1. The summed E-state index contributed by atoms with van der Waals surface area (Å²) in [5.74, 6) is 2.18. The first-order valence-corrected chi connectivity index (χ1v) is 9.09. The van der Waals surface area contributed by atoms with Crippen LogP contribution in [0.4, 0.5) is 0 Å². The third-order valence-corrected chi connectivity index (χ3v) is 7.01. The van der Waals surface area contributed by atoms with E-state index in [9.17, 15) is 0 Å². The molecule has 0 aromatic heterocycles. The van der Waals surface area contributed by atoms with Gasteiger partial charge in [0.15, 0.2) is 5.17 Å². The first-order chi connectivity index (χ1) is 9.15. The Labute approximate surface area is 122 Å². The average molecular weight is 280 g/mol. The zero-order valence-electron chi connectivity index (χ0n) is 12.5. The van der Waals surface area contributed by atoms with Gasteiger partial charge in [-0.15, -0.1) is 0 Å². The smallest absolute Gasteiger partial charge is 0.157 e. The second-order valence-corrected chi connectivity index (χ2v) is 8.17. The molecule has 0 unspecified atom stereocenters. The second kappa shape index (κ2) is 5.31. The van der Waals surface area contributed by atoms with Crippen LogP contribution in [-0.4, -0.2) is 23.0 Å². The maximum atomic E-state index is 4.93. The minimum absolute atomic E-state index is 0.398. The van der Waals surface area contributed by atoms with E-state index < -0.39 is 0 Å². The summed E-state index contributed by atoms with van der Waals surface area (Å²) in [6.45, 7) is 5.79. The molecule has 0 radical (unpaired) electrons. The van der Waals surface area contributed by atoms with Gasteiger partial charge in [-0.3, -0.25) is 4.99 Å². The molecular weight excluding hydrogens is 252 g/mol. The Morgan fingerprint density at radius 1 is 1.26 bits per heavy atom. The molecule has 3 rings (SSSR count). The van der Waals surface area contributed by atoms with Crippen molar-refractivity contribution in [3.63, 3.8) is 0 Å². The highest BCUT2D eigenvalue weighted by molar-refractivity contribution is 8.14. The molecule has 1 saturated heterocycles. The van der Waals surface area contributed by atoms with E-state index in [1.165, 1.54) is 62.3 Å². The molecule has 2 saturated carbocycles. The maximum absolute atomic E-state index is 4.93. The molecule has 0 aromatic rings. The molecule has 2 aliphatic carbocycles. The van der Waals surface area contributed by atoms with Crippen LogP contribution < -0.4 is 5.32 Å². The second-order valence-electron chi connectivity index (χ2n) is 7.21. The fourth-order valence-electron chi connectivity index (χ4n) is 3.71. The summed E-state index contributed by atoms with van der Waals surface area (Å²) in [5, 5.41) is 5.03. The molecular formula is C16H28N2S. The molecule has 1 aliphatic heterocycles. The highest BCUT2D eigenvalue weighted by atomic mass is 32.2. The number of nitrogens with one attached hydrogen (secondary N) is 1. The van der Waals surface area contributed by atoms with Crippen molar-refractivity contribution >= 4 is 16.9 Å². The maximum Gasteiger partial charge on any atom is 0.157 e. The zero-order chi connectivity index (χ0) is 13.3. The molecule has 3 heteroatoms. The molecule has 1 spiro atoms. The zero-order valence-corrected chi connectivity index (χ0v) is 13.3. The van der Waals surface area contributed by atoms with Gasteiger partial charge < -0.3 is 5.32 Å². The topological polar surface area (TPSA) is 24.4 Å². The Hall–Kier alpha value is -0.180. The SMILES string of the molecule is CCC1(CN=C2NC3(CCC(C)CC3)CS2)CCC1. The van der Waals surface area contributed by atoms with E-state index in [2.05, 4.69) is 19.2 Å². The molecule has 0 bridgehead atoms. The summed E-state index contributed by atoms with van der Waals surface area (Å²) in [5.41, 5.74) is 0.959. The number of hydrogen-bond acceptors (Lipinski definition) is 2. The molecule has 3 fully saturated rings. The normalized spacial score (nSPS) is 39.3. The standard InChI is InChI=1S/C16H28N2S/c1-3-15(7-4-8-15)11-17-14-18-16(12-19-14)9-5-13(2)6-10-16/h13H,3-12H2,1-2H3,(H,17,18). The van der Waals surface area contributed by atoms with E-state index in [0.717, 1.165) is 12.5 Å².